The SMILES string of the molecule is COc1ccc(C2(c3cccc(-c4cccnc4)c3)N=C(N)N(C)C2=O)cc1C(F)(F)F. The molecule has 0 radical (unpaired) electrons. The van der Waals surface area contributed by atoms with Gasteiger partial charge in [0, 0.05) is 19.4 Å². The zero-order valence-corrected chi connectivity index (χ0v) is 17.2. The monoisotopic (exact) mass is 440 g/mol. The molecule has 0 aliphatic carbocycles. The van der Waals surface area contributed by atoms with Gasteiger partial charge in [0.25, 0.3) is 5.91 Å². The van der Waals surface area contributed by atoms with E-state index in [-0.39, 0.29) is 17.3 Å². The number of nitrogens with zero attached hydrogens (tertiary/aromatic N) is 3. The number of aliphatic imine (C=N–C) groups is 1. The minimum atomic E-state index is -4.69. The molecule has 0 fully saturated rings. The van der Waals surface area contributed by atoms with E-state index in [0.29, 0.717) is 5.56 Å². The molecule has 9 heteroatoms. The lowest BCUT2D eigenvalue weighted by Gasteiger charge is -2.27. The standard InChI is InChI=1S/C23H19F3N4O2/c1-30-20(31)22(29-21(30)27,17-8-9-19(32-2)18(12-17)23(24,25)26)16-7-3-5-14(11-16)15-6-4-10-28-13-15/h3-13H,1-2H3,(H2,27,29). The summed E-state index contributed by atoms with van der Waals surface area (Å²) in [5.41, 5.74) is 5.10. The molecule has 1 amide bonds. The van der Waals surface area contributed by atoms with Gasteiger partial charge in [-0.2, -0.15) is 13.2 Å². The number of aromatic nitrogens is 1. The Bertz CT molecular complexity index is 1210. The van der Waals surface area contributed by atoms with Crippen molar-refractivity contribution in [3.63, 3.8) is 0 Å². The normalized spacial score (nSPS) is 18.6. The number of hydrogen-bond donors (Lipinski definition) is 1. The molecule has 3 aromatic rings. The number of carbonyl (C=O) groups is 1. The van der Waals surface area contributed by atoms with Crippen molar-refractivity contribution >= 4 is 11.9 Å². The summed E-state index contributed by atoms with van der Waals surface area (Å²) >= 11 is 0. The van der Waals surface area contributed by atoms with Gasteiger partial charge in [-0.15, -0.1) is 0 Å². The fourth-order valence-electron chi connectivity index (χ4n) is 3.80. The van der Waals surface area contributed by atoms with Crippen molar-refractivity contribution in [2.24, 2.45) is 10.7 Å². The van der Waals surface area contributed by atoms with Gasteiger partial charge >= 0.3 is 6.18 Å². The summed E-state index contributed by atoms with van der Waals surface area (Å²) in [6.07, 6.45) is -1.41. The summed E-state index contributed by atoms with van der Waals surface area (Å²) in [6.45, 7) is 0. The third-order valence-electron chi connectivity index (χ3n) is 5.44. The van der Waals surface area contributed by atoms with Crippen LogP contribution in [0, 0.1) is 0 Å². The van der Waals surface area contributed by atoms with Crippen molar-refractivity contribution in [2.75, 3.05) is 14.2 Å². The highest BCUT2D eigenvalue weighted by molar-refractivity contribution is 6.09. The van der Waals surface area contributed by atoms with E-state index in [9.17, 15) is 18.0 Å². The van der Waals surface area contributed by atoms with E-state index in [2.05, 4.69) is 9.98 Å². The molecule has 1 aliphatic heterocycles. The van der Waals surface area contributed by atoms with Crippen LogP contribution >= 0.6 is 0 Å². The van der Waals surface area contributed by atoms with E-state index < -0.39 is 23.2 Å². The highest BCUT2D eigenvalue weighted by Gasteiger charge is 2.50. The maximum atomic E-state index is 13.7. The predicted octanol–water partition coefficient (Wildman–Crippen LogP) is 3.81. The van der Waals surface area contributed by atoms with Crippen molar-refractivity contribution in [1.82, 2.24) is 9.88 Å². The number of guanidine groups is 1. The average Bonchev–Trinajstić information content (AvgIpc) is 3.03. The van der Waals surface area contributed by atoms with Crippen molar-refractivity contribution in [3.05, 3.63) is 83.7 Å². The molecule has 1 unspecified atom stereocenters. The summed E-state index contributed by atoms with van der Waals surface area (Å²) < 4.78 is 46.1. The number of ether oxygens (including phenoxy) is 1. The smallest absolute Gasteiger partial charge is 0.419 e. The summed E-state index contributed by atoms with van der Waals surface area (Å²) in [7, 11) is 2.59. The van der Waals surface area contributed by atoms with E-state index in [1.807, 2.05) is 12.1 Å². The summed E-state index contributed by atoms with van der Waals surface area (Å²) in [4.78, 5) is 23.0. The van der Waals surface area contributed by atoms with Crippen molar-refractivity contribution in [1.29, 1.82) is 0 Å². The van der Waals surface area contributed by atoms with E-state index in [4.69, 9.17) is 10.5 Å². The fraction of sp³-hybridized carbons (Fsp3) is 0.174. The van der Waals surface area contributed by atoms with Gasteiger partial charge in [0.1, 0.15) is 5.75 Å². The van der Waals surface area contributed by atoms with Gasteiger partial charge in [-0.25, -0.2) is 4.99 Å². The number of halogens is 3. The van der Waals surface area contributed by atoms with Crippen LogP contribution in [0.2, 0.25) is 0 Å². The van der Waals surface area contributed by atoms with Crippen LogP contribution in [0.3, 0.4) is 0 Å². The molecule has 2 heterocycles. The first-order valence-corrected chi connectivity index (χ1v) is 9.58. The lowest BCUT2D eigenvalue weighted by Crippen LogP contribution is -2.41. The number of carbonyl (C=O) groups excluding carboxylic acids is 1. The van der Waals surface area contributed by atoms with Crippen LogP contribution in [0.5, 0.6) is 5.75 Å². The maximum absolute atomic E-state index is 13.7. The topological polar surface area (TPSA) is 80.8 Å². The van der Waals surface area contributed by atoms with E-state index in [1.54, 1.807) is 36.7 Å². The zero-order valence-electron chi connectivity index (χ0n) is 17.2. The van der Waals surface area contributed by atoms with Crippen LogP contribution in [0.4, 0.5) is 13.2 Å². The number of amides is 1. The van der Waals surface area contributed by atoms with Gasteiger partial charge in [0.2, 0.25) is 0 Å². The van der Waals surface area contributed by atoms with E-state index >= 15 is 0 Å². The van der Waals surface area contributed by atoms with Crippen LogP contribution in [-0.4, -0.2) is 35.9 Å². The number of likely N-dealkylation sites (N-methyl/N-ethyl adjacent to an activating group) is 1. The molecule has 4 rings (SSSR count). The second-order valence-corrected chi connectivity index (χ2v) is 7.28. The Balaban J connectivity index is 1.98. The van der Waals surface area contributed by atoms with Crippen LogP contribution in [-0.2, 0) is 16.5 Å². The molecule has 1 atom stereocenters. The van der Waals surface area contributed by atoms with Crippen LogP contribution in [0.1, 0.15) is 16.7 Å². The first-order chi connectivity index (χ1) is 15.2. The molecule has 2 aromatic carbocycles. The van der Waals surface area contributed by atoms with Crippen LogP contribution in [0.15, 0.2) is 72.0 Å². The van der Waals surface area contributed by atoms with Crippen molar-refractivity contribution in [3.8, 4) is 16.9 Å². The number of nitrogens with two attached hydrogens (primary N) is 1. The van der Waals surface area contributed by atoms with Crippen LogP contribution < -0.4 is 10.5 Å². The van der Waals surface area contributed by atoms with Gasteiger partial charge < -0.3 is 10.5 Å². The van der Waals surface area contributed by atoms with Crippen molar-refractivity contribution in [2.45, 2.75) is 11.7 Å². The minimum absolute atomic E-state index is 0.0336. The summed E-state index contributed by atoms with van der Waals surface area (Å²) in [5.74, 6) is -1.00. The molecule has 164 valence electrons. The fourth-order valence-corrected chi connectivity index (χ4v) is 3.80. The molecule has 1 aliphatic rings. The Morgan fingerprint density at radius 1 is 1.03 bits per heavy atom. The van der Waals surface area contributed by atoms with E-state index in [1.165, 1.54) is 19.2 Å². The Kier molecular flexibility index (Phi) is 5.12. The highest BCUT2D eigenvalue weighted by atomic mass is 19.4. The minimum Gasteiger partial charge on any atom is -0.496 e. The summed E-state index contributed by atoms with van der Waals surface area (Å²) in [5, 5.41) is 0. The Morgan fingerprint density at radius 2 is 1.75 bits per heavy atom. The van der Waals surface area contributed by atoms with Gasteiger partial charge in [0.05, 0.1) is 12.7 Å². The van der Waals surface area contributed by atoms with E-state index in [0.717, 1.165) is 29.2 Å². The van der Waals surface area contributed by atoms with Gasteiger partial charge in [-0.3, -0.25) is 14.7 Å². The molecule has 2 N–H and O–H groups in total. The largest absolute Gasteiger partial charge is 0.496 e. The number of hydrogen-bond acceptors (Lipinski definition) is 5. The highest BCUT2D eigenvalue weighted by Crippen LogP contribution is 2.44. The molecule has 0 saturated heterocycles. The van der Waals surface area contributed by atoms with Crippen molar-refractivity contribution < 1.29 is 22.7 Å². The molecule has 0 spiro atoms. The maximum Gasteiger partial charge on any atom is 0.419 e. The molecule has 32 heavy (non-hydrogen) atoms. The molecular weight excluding hydrogens is 421 g/mol. The average molecular weight is 440 g/mol. The van der Waals surface area contributed by atoms with Crippen LogP contribution in [0.25, 0.3) is 11.1 Å². The molecular formula is C23H19F3N4O2. The second-order valence-electron chi connectivity index (χ2n) is 7.28. The van der Waals surface area contributed by atoms with Gasteiger partial charge in [-0.05, 0) is 46.5 Å². The number of methoxy groups -OCH3 is 1. The van der Waals surface area contributed by atoms with Gasteiger partial charge in [0.15, 0.2) is 11.5 Å². The van der Waals surface area contributed by atoms with Gasteiger partial charge in [-0.1, -0.05) is 30.3 Å². The number of benzene rings is 2. The first kappa shape index (κ1) is 21.4. The molecule has 0 bridgehead atoms. The Morgan fingerprint density at radius 3 is 2.34 bits per heavy atom. The second kappa shape index (κ2) is 7.67. The summed E-state index contributed by atoms with van der Waals surface area (Å²) in [6, 6.07) is 14.0. The Hall–Kier alpha value is -3.88. The predicted molar refractivity (Wildman–Crippen MR) is 113 cm³/mol. The zero-order chi connectivity index (χ0) is 23.1. The third-order valence-corrected chi connectivity index (χ3v) is 5.44. The number of rotatable bonds is 4. The lowest BCUT2D eigenvalue weighted by atomic mass is 9.81. The molecule has 6 nitrogen and oxygen atoms in total. The quantitative estimate of drug-likeness (QED) is 0.669. The molecule has 1 aromatic heterocycles. The lowest BCUT2D eigenvalue weighted by molar-refractivity contribution is -0.139. The number of pyridine rings is 1. The third kappa shape index (κ3) is 3.35. The molecule has 0 saturated carbocycles. The first-order valence-electron chi connectivity index (χ1n) is 9.58. The Labute approximate surface area is 182 Å². The number of alkyl halides is 3.